The Morgan fingerprint density at radius 1 is 1.00 bits per heavy atom. The van der Waals surface area contributed by atoms with Gasteiger partial charge in [-0.05, 0) is 17.7 Å². The maximum Gasteiger partial charge on any atom is 0.261 e. The highest BCUT2D eigenvalue weighted by atomic mass is 16.1. The van der Waals surface area contributed by atoms with Crippen molar-refractivity contribution in [2.75, 3.05) is 0 Å². The molecule has 0 N–H and O–H groups in total. The average Bonchev–Trinajstić information content (AvgIpc) is 2.93. The predicted octanol–water partition coefficient (Wildman–Crippen LogP) is 2.74. The van der Waals surface area contributed by atoms with Gasteiger partial charge in [0, 0.05) is 18.9 Å². The Morgan fingerprint density at radius 3 is 2.60 bits per heavy atom. The van der Waals surface area contributed by atoms with Gasteiger partial charge in [0.1, 0.15) is 5.82 Å². The fraction of sp³-hybridized carbons (Fsp3) is 0.176. The molecule has 0 amide bonds. The van der Waals surface area contributed by atoms with Crippen molar-refractivity contribution in [2.45, 2.75) is 18.9 Å². The largest absolute Gasteiger partial charge is 0.295 e. The monoisotopic (exact) mass is 262 g/mol. The number of hydrogen-bond donors (Lipinski definition) is 0. The second kappa shape index (κ2) is 4.30. The highest BCUT2D eigenvalue weighted by Gasteiger charge is 2.25. The van der Waals surface area contributed by atoms with Crippen molar-refractivity contribution in [3.63, 3.8) is 0 Å². The molecule has 0 radical (unpaired) electrons. The second-order valence-electron chi connectivity index (χ2n) is 5.27. The van der Waals surface area contributed by atoms with Crippen molar-refractivity contribution < 1.29 is 0 Å². The molecule has 0 bridgehead atoms. The van der Waals surface area contributed by atoms with Gasteiger partial charge in [-0.1, -0.05) is 42.5 Å². The van der Waals surface area contributed by atoms with Crippen molar-refractivity contribution in [3.8, 4) is 0 Å². The van der Waals surface area contributed by atoms with Crippen LogP contribution in [-0.4, -0.2) is 9.55 Å². The Labute approximate surface area is 116 Å². The maximum absolute atomic E-state index is 12.5. The van der Waals surface area contributed by atoms with E-state index in [1.165, 1.54) is 5.56 Å². The molecular formula is C17H14N2O. The number of hydrogen-bond acceptors (Lipinski definition) is 2. The van der Waals surface area contributed by atoms with Crippen molar-refractivity contribution in [3.05, 3.63) is 76.3 Å². The molecule has 0 saturated heterocycles. The van der Waals surface area contributed by atoms with Crippen LogP contribution in [0.1, 0.15) is 17.3 Å². The molecule has 98 valence electrons. The third-order valence-corrected chi connectivity index (χ3v) is 4.04. The van der Waals surface area contributed by atoms with E-state index in [-0.39, 0.29) is 5.56 Å². The van der Waals surface area contributed by atoms with Crippen LogP contribution in [0.15, 0.2) is 59.4 Å². The number of rotatable bonds is 1. The fourth-order valence-corrected chi connectivity index (χ4v) is 3.01. The van der Waals surface area contributed by atoms with Gasteiger partial charge in [0.15, 0.2) is 0 Å². The van der Waals surface area contributed by atoms with Crippen LogP contribution >= 0.6 is 0 Å². The van der Waals surface area contributed by atoms with Crippen LogP contribution in [0.5, 0.6) is 0 Å². The van der Waals surface area contributed by atoms with Gasteiger partial charge in [0.05, 0.1) is 10.9 Å². The molecule has 3 aromatic rings. The Bertz CT molecular complexity index is 836. The Hall–Kier alpha value is -2.42. The van der Waals surface area contributed by atoms with Crippen LogP contribution in [0.25, 0.3) is 10.9 Å². The molecule has 2 aromatic carbocycles. The Morgan fingerprint density at radius 2 is 1.75 bits per heavy atom. The zero-order valence-electron chi connectivity index (χ0n) is 11.0. The molecule has 0 saturated carbocycles. The number of nitrogens with zero attached hydrogens (tertiary/aromatic N) is 2. The molecule has 3 heteroatoms. The molecule has 4 rings (SSSR count). The van der Waals surface area contributed by atoms with E-state index in [0.717, 1.165) is 24.3 Å². The molecule has 0 unspecified atom stereocenters. The summed E-state index contributed by atoms with van der Waals surface area (Å²) in [7, 11) is 0. The van der Waals surface area contributed by atoms with Crippen molar-refractivity contribution in [1.29, 1.82) is 0 Å². The van der Waals surface area contributed by atoms with E-state index in [9.17, 15) is 4.79 Å². The summed E-state index contributed by atoms with van der Waals surface area (Å²) in [6.45, 7) is 0.732. The van der Waals surface area contributed by atoms with E-state index < -0.39 is 0 Å². The molecule has 20 heavy (non-hydrogen) atoms. The van der Waals surface area contributed by atoms with Crippen LogP contribution in [0.2, 0.25) is 0 Å². The number of aromatic nitrogens is 2. The van der Waals surface area contributed by atoms with Crippen LogP contribution in [0.3, 0.4) is 0 Å². The summed E-state index contributed by atoms with van der Waals surface area (Å²) in [5, 5.41) is 0.713. The van der Waals surface area contributed by atoms with E-state index in [4.69, 9.17) is 0 Å². The standard InChI is InChI=1S/C17H14N2O/c20-17-14-8-4-5-9-15(14)18-16-10-13(11-19(16)17)12-6-2-1-3-7-12/h1-9,13H,10-11H2/t13-/m1/s1. The lowest BCUT2D eigenvalue weighted by Gasteiger charge is -2.07. The summed E-state index contributed by atoms with van der Waals surface area (Å²) in [6.07, 6.45) is 0.837. The lowest BCUT2D eigenvalue weighted by molar-refractivity contribution is 0.641. The van der Waals surface area contributed by atoms with Gasteiger partial charge < -0.3 is 0 Å². The predicted molar refractivity (Wildman–Crippen MR) is 78.9 cm³/mol. The minimum atomic E-state index is 0.0871. The first-order valence-corrected chi connectivity index (χ1v) is 6.86. The Balaban J connectivity index is 1.84. The molecule has 0 spiro atoms. The van der Waals surface area contributed by atoms with E-state index in [1.807, 2.05) is 47.0 Å². The quantitative estimate of drug-likeness (QED) is 0.676. The molecular weight excluding hydrogens is 248 g/mol. The first-order chi connectivity index (χ1) is 9.83. The summed E-state index contributed by atoms with van der Waals surface area (Å²) in [6, 6.07) is 17.9. The van der Waals surface area contributed by atoms with Gasteiger partial charge in [-0.3, -0.25) is 9.36 Å². The number of para-hydroxylation sites is 1. The molecule has 0 aliphatic carbocycles. The van der Waals surface area contributed by atoms with Crippen molar-refractivity contribution in [2.24, 2.45) is 0 Å². The van der Waals surface area contributed by atoms with Crippen LogP contribution < -0.4 is 5.56 Å². The summed E-state index contributed by atoms with van der Waals surface area (Å²) in [5.41, 5.74) is 2.17. The van der Waals surface area contributed by atoms with Gasteiger partial charge in [-0.15, -0.1) is 0 Å². The molecule has 0 fully saturated rings. The first kappa shape index (κ1) is 11.4. The topological polar surface area (TPSA) is 34.9 Å². The van der Waals surface area contributed by atoms with Gasteiger partial charge >= 0.3 is 0 Å². The third-order valence-electron chi connectivity index (χ3n) is 4.04. The lowest BCUT2D eigenvalue weighted by atomic mass is 9.98. The highest BCUT2D eigenvalue weighted by molar-refractivity contribution is 5.77. The molecule has 1 aromatic heterocycles. The summed E-state index contributed by atoms with van der Waals surface area (Å²) in [4.78, 5) is 17.2. The van der Waals surface area contributed by atoms with E-state index in [2.05, 4.69) is 17.1 Å². The van der Waals surface area contributed by atoms with E-state index in [1.54, 1.807) is 0 Å². The Kier molecular flexibility index (Phi) is 2.46. The maximum atomic E-state index is 12.5. The second-order valence-corrected chi connectivity index (χ2v) is 5.27. The minimum Gasteiger partial charge on any atom is -0.295 e. The molecule has 1 atom stereocenters. The zero-order valence-corrected chi connectivity index (χ0v) is 11.0. The third kappa shape index (κ3) is 1.67. The van der Waals surface area contributed by atoms with Crippen LogP contribution in [-0.2, 0) is 13.0 Å². The first-order valence-electron chi connectivity index (χ1n) is 6.86. The number of fused-ring (bicyclic) bond motifs is 2. The zero-order chi connectivity index (χ0) is 13.5. The van der Waals surface area contributed by atoms with Crippen LogP contribution in [0.4, 0.5) is 0 Å². The fourth-order valence-electron chi connectivity index (χ4n) is 3.01. The average molecular weight is 262 g/mol. The molecule has 2 heterocycles. The minimum absolute atomic E-state index is 0.0871. The van der Waals surface area contributed by atoms with Gasteiger partial charge in [0.2, 0.25) is 0 Å². The number of benzene rings is 2. The molecule has 1 aliphatic rings. The van der Waals surface area contributed by atoms with Crippen molar-refractivity contribution in [1.82, 2.24) is 9.55 Å². The molecule has 1 aliphatic heterocycles. The highest BCUT2D eigenvalue weighted by Crippen LogP contribution is 2.27. The summed E-state index contributed by atoms with van der Waals surface area (Å²) < 4.78 is 1.83. The summed E-state index contributed by atoms with van der Waals surface area (Å²) in [5.74, 6) is 1.26. The summed E-state index contributed by atoms with van der Waals surface area (Å²) >= 11 is 0. The van der Waals surface area contributed by atoms with Crippen LogP contribution in [0, 0.1) is 0 Å². The van der Waals surface area contributed by atoms with Gasteiger partial charge in [0.25, 0.3) is 5.56 Å². The van der Waals surface area contributed by atoms with E-state index in [0.29, 0.717) is 11.3 Å². The smallest absolute Gasteiger partial charge is 0.261 e. The lowest BCUT2D eigenvalue weighted by Crippen LogP contribution is -2.21. The van der Waals surface area contributed by atoms with Gasteiger partial charge in [-0.2, -0.15) is 0 Å². The van der Waals surface area contributed by atoms with Gasteiger partial charge in [-0.25, -0.2) is 4.98 Å². The normalized spacial score (nSPS) is 17.3. The van der Waals surface area contributed by atoms with Crippen molar-refractivity contribution >= 4 is 10.9 Å². The van der Waals surface area contributed by atoms with E-state index >= 15 is 0 Å². The SMILES string of the molecule is O=c1c2ccccc2nc2n1C[C@H](c1ccccc1)C2. The molecule has 3 nitrogen and oxygen atoms in total.